The molecule has 0 bridgehead atoms. The molecule has 0 spiro atoms. The molecule has 4 rings (SSSR count). The molecule has 0 radical (unpaired) electrons. The van der Waals surface area contributed by atoms with Crippen molar-refractivity contribution in [3.63, 3.8) is 0 Å². The van der Waals surface area contributed by atoms with Gasteiger partial charge >= 0.3 is 0 Å². The number of amides is 1. The standard InChI is InChI=1S/C22H31NO2/c1-13(20(23)25)17-6-7-18-16-5-4-14-12-15(24)8-10-21(14,2)19(16)9-11-22(17,18)3/h12,16,18-19H,4-11H2,1-3H3,(H2,23,25)/t16-,18-,19-,21-,22+/m0/s1. The molecule has 0 aromatic heterocycles. The predicted molar refractivity (Wildman–Crippen MR) is 98.6 cm³/mol. The SMILES string of the molecule is CC(C(N)=O)=C1CC[C@H]2[C@@H]3CCC4=CC(=O)CC[C@]4(C)[C@H]3CC[C@]12C. The van der Waals surface area contributed by atoms with E-state index in [0.29, 0.717) is 17.6 Å². The van der Waals surface area contributed by atoms with Gasteiger partial charge in [0.1, 0.15) is 0 Å². The number of allylic oxidation sites excluding steroid dienone is 2. The maximum Gasteiger partial charge on any atom is 0.244 e. The Labute approximate surface area is 151 Å². The van der Waals surface area contributed by atoms with Crippen molar-refractivity contribution in [3.05, 3.63) is 22.8 Å². The second-order valence-corrected chi connectivity index (χ2v) is 9.43. The Balaban J connectivity index is 1.69. The van der Waals surface area contributed by atoms with Crippen molar-refractivity contribution in [1.82, 2.24) is 0 Å². The summed E-state index contributed by atoms with van der Waals surface area (Å²) in [6.45, 7) is 6.74. The van der Waals surface area contributed by atoms with Gasteiger partial charge in [0.2, 0.25) is 5.91 Å². The lowest BCUT2D eigenvalue weighted by Gasteiger charge is -2.57. The van der Waals surface area contributed by atoms with E-state index in [9.17, 15) is 9.59 Å². The van der Waals surface area contributed by atoms with Crippen LogP contribution in [0.5, 0.6) is 0 Å². The van der Waals surface area contributed by atoms with Crippen LogP contribution in [-0.4, -0.2) is 11.7 Å². The summed E-state index contributed by atoms with van der Waals surface area (Å²) in [4.78, 5) is 23.7. The monoisotopic (exact) mass is 341 g/mol. The summed E-state index contributed by atoms with van der Waals surface area (Å²) in [5, 5.41) is 0. The van der Waals surface area contributed by atoms with Crippen LogP contribution in [0.25, 0.3) is 0 Å². The summed E-state index contributed by atoms with van der Waals surface area (Å²) in [5.74, 6) is 2.19. The van der Waals surface area contributed by atoms with Gasteiger partial charge in [-0.15, -0.1) is 0 Å². The van der Waals surface area contributed by atoms with Gasteiger partial charge in [-0.3, -0.25) is 9.59 Å². The van der Waals surface area contributed by atoms with E-state index in [1.54, 1.807) is 0 Å². The van der Waals surface area contributed by atoms with Gasteiger partial charge in [0, 0.05) is 12.0 Å². The number of nitrogens with two attached hydrogens (primary N) is 1. The first kappa shape index (κ1) is 17.1. The fourth-order valence-corrected chi connectivity index (χ4v) is 7.14. The average Bonchev–Trinajstić information content (AvgIpc) is 2.92. The number of fused-ring (bicyclic) bond motifs is 5. The number of hydrogen-bond acceptors (Lipinski definition) is 2. The molecule has 0 aromatic rings. The van der Waals surface area contributed by atoms with Crippen molar-refractivity contribution in [2.45, 2.75) is 72.1 Å². The highest BCUT2D eigenvalue weighted by molar-refractivity contribution is 5.92. The van der Waals surface area contributed by atoms with Crippen molar-refractivity contribution >= 4 is 11.7 Å². The van der Waals surface area contributed by atoms with Crippen LogP contribution in [0.15, 0.2) is 22.8 Å². The Bertz CT molecular complexity index is 703. The van der Waals surface area contributed by atoms with Crippen molar-refractivity contribution in [2.24, 2.45) is 34.3 Å². The second-order valence-electron chi connectivity index (χ2n) is 9.43. The van der Waals surface area contributed by atoms with E-state index < -0.39 is 0 Å². The first-order valence-electron chi connectivity index (χ1n) is 10.0. The molecule has 5 atom stereocenters. The molecule has 3 nitrogen and oxygen atoms in total. The Morgan fingerprint density at radius 3 is 2.48 bits per heavy atom. The van der Waals surface area contributed by atoms with Gasteiger partial charge in [-0.05, 0) is 86.5 Å². The summed E-state index contributed by atoms with van der Waals surface area (Å²) >= 11 is 0. The molecule has 4 aliphatic carbocycles. The number of primary amides is 1. The van der Waals surface area contributed by atoms with Gasteiger partial charge in [-0.1, -0.05) is 25.0 Å². The number of hydrogen-bond donors (Lipinski definition) is 1. The van der Waals surface area contributed by atoms with Crippen LogP contribution < -0.4 is 5.73 Å². The lowest BCUT2D eigenvalue weighted by Crippen LogP contribution is -2.49. The zero-order valence-corrected chi connectivity index (χ0v) is 15.9. The maximum absolute atomic E-state index is 11.9. The fraction of sp³-hybridized carbons (Fsp3) is 0.727. The smallest absolute Gasteiger partial charge is 0.244 e. The normalized spacial score (nSPS) is 45.2. The molecule has 2 N–H and O–H groups in total. The van der Waals surface area contributed by atoms with Crippen molar-refractivity contribution in [1.29, 1.82) is 0 Å². The molecular weight excluding hydrogens is 310 g/mol. The van der Waals surface area contributed by atoms with Crippen LogP contribution in [-0.2, 0) is 9.59 Å². The zero-order valence-electron chi connectivity index (χ0n) is 15.9. The van der Waals surface area contributed by atoms with Gasteiger partial charge in [0.15, 0.2) is 5.78 Å². The third kappa shape index (κ3) is 2.30. The van der Waals surface area contributed by atoms with Crippen molar-refractivity contribution < 1.29 is 9.59 Å². The first-order valence-corrected chi connectivity index (χ1v) is 10.0. The first-order chi connectivity index (χ1) is 11.8. The molecule has 3 saturated carbocycles. The average molecular weight is 341 g/mol. The summed E-state index contributed by atoms with van der Waals surface area (Å²) in [6.07, 6.45) is 10.6. The van der Waals surface area contributed by atoms with Gasteiger partial charge < -0.3 is 5.73 Å². The number of carbonyl (C=O) groups excluding carboxylic acids is 2. The van der Waals surface area contributed by atoms with E-state index in [1.807, 2.05) is 13.0 Å². The zero-order chi connectivity index (χ0) is 18.0. The summed E-state index contributed by atoms with van der Waals surface area (Å²) in [5.41, 5.74) is 9.58. The minimum atomic E-state index is -0.245. The van der Waals surface area contributed by atoms with Gasteiger partial charge in [-0.2, -0.15) is 0 Å². The third-order valence-corrected chi connectivity index (χ3v) is 8.57. The fourth-order valence-electron chi connectivity index (χ4n) is 7.14. The van der Waals surface area contributed by atoms with E-state index in [4.69, 9.17) is 5.73 Å². The van der Waals surface area contributed by atoms with E-state index >= 15 is 0 Å². The second kappa shape index (κ2) is 5.56. The minimum Gasteiger partial charge on any atom is -0.366 e. The molecular formula is C22H31NO2. The number of ketones is 1. The molecule has 0 heterocycles. The Hall–Kier alpha value is -1.38. The highest BCUT2D eigenvalue weighted by Crippen LogP contribution is 2.66. The van der Waals surface area contributed by atoms with Crippen LogP contribution in [0.2, 0.25) is 0 Å². The van der Waals surface area contributed by atoms with E-state index in [-0.39, 0.29) is 16.7 Å². The molecule has 136 valence electrons. The summed E-state index contributed by atoms with van der Waals surface area (Å²) in [6, 6.07) is 0. The topological polar surface area (TPSA) is 60.2 Å². The molecule has 0 aliphatic heterocycles. The number of carbonyl (C=O) groups is 2. The molecule has 0 unspecified atom stereocenters. The molecule has 0 aromatic carbocycles. The highest BCUT2D eigenvalue weighted by atomic mass is 16.1. The third-order valence-electron chi connectivity index (χ3n) is 8.57. The van der Waals surface area contributed by atoms with Crippen LogP contribution in [0.4, 0.5) is 0 Å². The Kier molecular flexibility index (Phi) is 3.79. The van der Waals surface area contributed by atoms with Crippen molar-refractivity contribution in [3.8, 4) is 0 Å². The predicted octanol–water partition coefficient (Wildman–Crippen LogP) is 4.32. The van der Waals surface area contributed by atoms with Crippen LogP contribution in [0, 0.1) is 28.6 Å². The van der Waals surface area contributed by atoms with E-state index in [2.05, 4.69) is 13.8 Å². The largest absolute Gasteiger partial charge is 0.366 e. The molecule has 3 heteroatoms. The Morgan fingerprint density at radius 2 is 1.76 bits per heavy atom. The summed E-state index contributed by atoms with van der Waals surface area (Å²) in [7, 11) is 0. The van der Waals surface area contributed by atoms with Gasteiger partial charge in [0.05, 0.1) is 0 Å². The molecule has 1 amide bonds. The molecule has 3 fully saturated rings. The van der Waals surface area contributed by atoms with Crippen LogP contribution in [0.1, 0.15) is 72.1 Å². The molecule has 25 heavy (non-hydrogen) atoms. The summed E-state index contributed by atoms with van der Waals surface area (Å²) < 4.78 is 0. The van der Waals surface area contributed by atoms with Crippen LogP contribution in [0.3, 0.4) is 0 Å². The van der Waals surface area contributed by atoms with Gasteiger partial charge in [-0.25, -0.2) is 0 Å². The van der Waals surface area contributed by atoms with E-state index in [1.165, 1.54) is 30.4 Å². The maximum atomic E-state index is 11.9. The molecule has 4 aliphatic rings. The lowest BCUT2D eigenvalue weighted by atomic mass is 9.47. The van der Waals surface area contributed by atoms with E-state index in [0.717, 1.165) is 43.6 Å². The Morgan fingerprint density at radius 1 is 1.04 bits per heavy atom. The lowest BCUT2D eigenvalue weighted by molar-refractivity contribution is -0.117. The number of rotatable bonds is 1. The van der Waals surface area contributed by atoms with Crippen molar-refractivity contribution in [2.75, 3.05) is 0 Å². The molecule has 0 saturated heterocycles. The van der Waals surface area contributed by atoms with Crippen LogP contribution >= 0.6 is 0 Å². The van der Waals surface area contributed by atoms with Gasteiger partial charge in [0.25, 0.3) is 0 Å². The quantitative estimate of drug-likeness (QED) is 0.722. The minimum absolute atomic E-state index is 0.155. The highest BCUT2D eigenvalue weighted by Gasteiger charge is 2.57.